The van der Waals surface area contributed by atoms with Gasteiger partial charge < -0.3 is 9.47 Å². The van der Waals surface area contributed by atoms with E-state index in [9.17, 15) is 4.79 Å². The van der Waals surface area contributed by atoms with E-state index >= 15 is 0 Å². The lowest BCUT2D eigenvalue weighted by Gasteiger charge is -2.25. The molecule has 1 aromatic heterocycles. The highest BCUT2D eigenvalue weighted by Crippen LogP contribution is 2.42. The molecule has 2 aliphatic rings. The molecule has 24 heavy (non-hydrogen) atoms. The number of hydrogen-bond donors (Lipinski definition) is 0. The van der Waals surface area contributed by atoms with Gasteiger partial charge in [0, 0.05) is 50.1 Å². The van der Waals surface area contributed by atoms with Crippen LogP contribution < -0.4 is 4.90 Å². The summed E-state index contributed by atoms with van der Waals surface area (Å²) in [4.78, 5) is 21.5. The summed E-state index contributed by atoms with van der Waals surface area (Å²) >= 11 is 0. The van der Waals surface area contributed by atoms with Gasteiger partial charge in [0.25, 0.3) is 0 Å². The van der Waals surface area contributed by atoms with Gasteiger partial charge in [-0.25, -0.2) is 4.98 Å². The van der Waals surface area contributed by atoms with Crippen molar-refractivity contribution in [3.05, 3.63) is 48.0 Å². The molecule has 2 fully saturated rings. The van der Waals surface area contributed by atoms with Crippen LogP contribution in [-0.2, 0) is 18.4 Å². The van der Waals surface area contributed by atoms with Crippen LogP contribution in [0.1, 0.15) is 24.2 Å². The highest BCUT2D eigenvalue weighted by molar-refractivity contribution is 5.97. The Hall–Kier alpha value is -2.14. The third kappa shape index (κ3) is 2.63. The molecule has 0 saturated carbocycles. The van der Waals surface area contributed by atoms with Gasteiger partial charge in [0.2, 0.25) is 5.91 Å². The molecule has 126 valence electrons. The van der Waals surface area contributed by atoms with Crippen molar-refractivity contribution in [2.24, 2.45) is 12.5 Å². The van der Waals surface area contributed by atoms with Crippen LogP contribution >= 0.6 is 0 Å². The lowest BCUT2D eigenvalue weighted by Crippen LogP contribution is -2.31. The van der Waals surface area contributed by atoms with Gasteiger partial charge in [0.05, 0.1) is 6.54 Å². The highest BCUT2D eigenvalue weighted by atomic mass is 16.2. The average Bonchev–Trinajstić information content (AvgIpc) is 3.22. The maximum absolute atomic E-state index is 12.7. The van der Waals surface area contributed by atoms with E-state index in [1.165, 1.54) is 5.56 Å². The maximum atomic E-state index is 12.7. The van der Waals surface area contributed by atoms with Crippen LogP contribution in [0.3, 0.4) is 0 Å². The van der Waals surface area contributed by atoms with Gasteiger partial charge in [0.1, 0.15) is 5.82 Å². The Morgan fingerprint density at radius 3 is 2.83 bits per heavy atom. The van der Waals surface area contributed by atoms with Gasteiger partial charge in [-0.3, -0.25) is 9.69 Å². The number of aryl methyl sites for hydroxylation is 2. The van der Waals surface area contributed by atoms with Crippen LogP contribution in [0.4, 0.5) is 5.69 Å². The highest BCUT2D eigenvalue weighted by Gasteiger charge is 2.47. The maximum Gasteiger partial charge on any atom is 0.227 e. The summed E-state index contributed by atoms with van der Waals surface area (Å²) in [6, 6.07) is 8.18. The third-order valence-electron chi connectivity index (χ3n) is 5.53. The number of amides is 1. The van der Waals surface area contributed by atoms with Crippen molar-refractivity contribution in [1.29, 1.82) is 0 Å². The van der Waals surface area contributed by atoms with Crippen molar-refractivity contribution in [1.82, 2.24) is 14.5 Å². The van der Waals surface area contributed by atoms with Crippen LogP contribution in [0.5, 0.6) is 0 Å². The summed E-state index contributed by atoms with van der Waals surface area (Å²) in [5.41, 5.74) is 2.34. The standard InChI is InChI=1S/C19H24N4O/c1-15-5-3-4-6-16(15)23-14-19(11-18(23)24)7-9-22(13-19)12-17-20-8-10-21(17)2/h3-6,8,10H,7,9,11-14H2,1-2H3/t19-/m0/s1. The van der Waals surface area contributed by atoms with Crippen molar-refractivity contribution in [2.45, 2.75) is 26.3 Å². The van der Waals surface area contributed by atoms with Crippen molar-refractivity contribution in [3.8, 4) is 0 Å². The van der Waals surface area contributed by atoms with Crippen molar-refractivity contribution in [2.75, 3.05) is 24.5 Å². The number of carbonyl (C=O) groups is 1. The Morgan fingerprint density at radius 1 is 1.25 bits per heavy atom. The second-order valence-corrected chi connectivity index (χ2v) is 7.36. The molecule has 2 saturated heterocycles. The second-order valence-electron chi connectivity index (χ2n) is 7.36. The van der Waals surface area contributed by atoms with Gasteiger partial charge in [-0.05, 0) is 31.5 Å². The first-order valence-corrected chi connectivity index (χ1v) is 8.61. The SMILES string of the molecule is Cc1ccccc1N1C[C@@]2(CCN(Cc3nccn3C)C2)CC1=O. The zero-order chi connectivity index (χ0) is 16.7. The first-order valence-electron chi connectivity index (χ1n) is 8.61. The summed E-state index contributed by atoms with van der Waals surface area (Å²) in [6.45, 7) is 5.81. The number of benzene rings is 1. The Bertz CT molecular complexity index is 768. The van der Waals surface area contributed by atoms with Gasteiger partial charge in [-0.15, -0.1) is 0 Å². The summed E-state index contributed by atoms with van der Waals surface area (Å²) in [6.07, 6.45) is 5.59. The van der Waals surface area contributed by atoms with Crippen LogP contribution in [0.2, 0.25) is 0 Å². The van der Waals surface area contributed by atoms with Gasteiger partial charge in [-0.1, -0.05) is 18.2 Å². The number of hydrogen-bond acceptors (Lipinski definition) is 3. The minimum atomic E-state index is 0.102. The van der Waals surface area contributed by atoms with E-state index in [-0.39, 0.29) is 11.3 Å². The second kappa shape index (κ2) is 5.74. The first kappa shape index (κ1) is 15.4. The molecule has 1 spiro atoms. The van der Waals surface area contributed by atoms with E-state index in [0.29, 0.717) is 6.42 Å². The monoisotopic (exact) mass is 324 g/mol. The number of carbonyl (C=O) groups excluding carboxylic acids is 1. The molecule has 2 aliphatic heterocycles. The quantitative estimate of drug-likeness (QED) is 0.870. The van der Waals surface area contributed by atoms with Crippen LogP contribution in [0.25, 0.3) is 0 Å². The Kier molecular flexibility index (Phi) is 3.68. The molecular weight excluding hydrogens is 300 g/mol. The predicted octanol–water partition coefficient (Wildman–Crippen LogP) is 2.36. The van der Waals surface area contributed by atoms with E-state index in [1.807, 2.05) is 36.5 Å². The van der Waals surface area contributed by atoms with Crippen LogP contribution in [0, 0.1) is 12.3 Å². The van der Waals surface area contributed by atoms with Crippen LogP contribution in [0.15, 0.2) is 36.7 Å². The molecule has 2 aromatic rings. The van der Waals surface area contributed by atoms with Crippen molar-refractivity contribution in [3.63, 3.8) is 0 Å². The molecule has 0 bridgehead atoms. The van der Waals surface area contributed by atoms with Gasteiger partial charge >= 0.3 is 0 Å². The summed E-state index contributed by atoms with van der Waals surface area (Å²) in [5.74, 6) is 1.36. The molecule has 1 atom stereocenters. The molecule has 5 heteroatoms. The van der Waals surface area contributed by atoms with E-state index in [1.54, 1.807) is 0 Å². The minimum absolute atomic E-state index is 0.102. The van der Waals surface area contributed by atoms with Crippen molar-refractivity contribution < 1.29 is 4.79 Å². The third-order valence-corrected chi connectivity index (χ3v) is 5.53. The number of nitrogens with zero attached hydrogens (tertiary/aromatic N) is 4. The van der Waals surface area contributed by atoms with E-state index in [4.69, 9.17) is 0 Å². The summed E-state index contributed by atoms with van der Waals surface area (Å²) in [7, 11) is 2.03. The number of imidazole rings is 1. The normalized spacial score (nSPS) is 24.4. The summed E-state index contributed by atoms with van der Waals surface area (Å²) in [5, 5.41) is 0. The molecule has 1 amide bonds. The largest absolute Gasteiger partial charge is 0.337 e. The molecular formula is C19H24N4O. The minimum Gasteiger partial charge on any atom is -0.337 e. The van der Waals surface area contributed by atoms with E-state index < -0.39 is 0 Å². The van der Waals surface area contributed by atoms with Crippen LogP contribution in [-0.4, -0.2) is 40.0 Å². The lowest BCUT2D eigenvalue weighted by molar-refractivity contribution is -0.117. The lowest BCUT2D eigenvalue weighted by atomic mass is 9.86. The number of anilines is 1. The van der Waals surface area contributed by atoms with E-state index in [2.05, 4.69) is 33.5 Å². The number of aromatic nitrogens is 2. The number of likely N-dealkylation sites (tertiary alicyclic amines) is 1. The molecule has 1 aromatic carbocycles. The average molecular weight is 324 g/mol. The Morgan fingerprint density at radius 2 is 2.08 bits per heavy atom. The fraction of sp³-hybridized carbons (Fsp3) is 0.474. The molecule has 3 heterocycles. The molecule has 4 rings (SSSR count). The fourth-order valence-corrected chi connectivity index (χ4v) is 4.17. The topological polar surface area (TPSA) is 41.4 Å². The molecule has 0 aliphatic carbocycles. The zero-order valence-electron chi connectivity index (χ0n) is 14.4. The Balaban J connectivity index is 1.49. The zero-order valence-corrected chi connectivity index (χ0v) is 14.4. The molecule has 0 radical (unpaired) electrons. The van der Waals surface area contributed by atoms with Gasteiger partial charge in [0.15, 0.2) is 0 Å². The molecule has 0 N–H and O–H groups in total. The Labute approximate surface area is 142 Å². The fourth-order valence-electron chi connectivity index (χ4n) is 4.17. The predicted molar refractivity (Wildman–Crippen MR) is 93.7 cm³/mol. The van der Waals surface area contributed by atoms with Gasteiger partial charge in [-0.2, -0.15) is 0 Å². The van der Waals surface area contributed by atoms with Crippen molar-refractivity contribution >= 4 is 11.6 Å². The first-order chi connectivity index (χ1) is 11.6. The number of para-hydroxylation sites is 1. The molecule has 5 nitrogen and oxygen atoms in total. The number of rotatable bonds is 3. The molecule has 0 unspecified atom stereocenters. The summed E-state index contributed by atoms with van der Waals surface area (Å²) < 4.78 is 2.07. The van der Waals surface area contributed by atoms with E-state index in [0.717, 1.165) is 44.1 Å². The smallest absolute Gasteiger partial charge is 0.227 e.